The second-order valence-electron chi connectivity index (χ2n) is 12.5. The summed E-state index contributed by atoms with van der Waals surface area (Å²) < 4.78 is 29.5. The van der Waals surface area contributed by atoms with Gasteiger partial charge in [0.05, 0.1) is 20.6 Å². The number of sulfonamides is 1. The van der Waals surface area contributed by atoms with Crippen molar-refractivity contribution in [3.63, 3.8) is 0 Å². The first-order valence-electron chi connectivity index (χ1n) is 16.2. The maximum atomic E-state index is 14.7. The molecule has 5 rings (SSSR count). The van der Waals surface area contributed by atoms with E-state index in [0.717, 1.165) is 58.7 Å². The van der Waals surface area contributed by atoms with Crippen LogP contribution in [0.25, 0.3) is 0 Å². The van der Waals surface area contributed by atoms with Crippen LogP contribution < -0.4 is 9.62 Å². The fourth-order valence-electron chi connectivity index (χ4n) is 5.99. The first-order valence-corrected chi connectivity index (χ1v) is 18.4. The van der Waals surface area contributed by atoms with Crippen molar-refractivity contribution in [3.05, 3.63) is 129 Å². The van der Waals surface area contributed by atoms with Crippen molar-refractivity contribution in [2.24, 2.45) is 0 Å². The molecule has 1 unspecified atom stereocenters. The van der Waals surface area contributed by atoms with Gasteiger partial charge in [0.2, 0.25) is 11.8 Å². The Kier molecular flexibility index (Phi) is 11.8. The summed E-state index contributed by atoms with van der Waals surface area (Å²) in [7, 11) is -4.25. The number of amides is 2. The Hall–Kier alpha value is -3.85. The zero-order valence-corrected chi connectivity index (χ0v) is 29.6. The molecule has 1 aliphatic rings. The number of rotatable bonds is 12. The number of hydrogen-bond donors (Lipinski definition) is 1. The van der Waals surface area contributed by atoms with Crippen molar-refractivity contribution >= 4 is 50.7 Å². The molecule has 0 radical (unpaired) electrons. The normalized spacial score (nSPS) is 14.2. The summed E-state index contributed by atoms with van der Waals surface area (Å²) in [6.45, 7) is 3.38. The fraction of sp³-hybridized carbons (Fsp3) is 0.316. The molecule has 0 spiro atoms. The number of anilines is 1. The van der Waals surface area contributed by atoms with Crippen molar-refractivity contribution in [1.82, 2.24) is 10.2 Å². The molecule has 1 saturated carbocycles. The van der Waals surface area contributed by atoms with E-state index in [-0.39, 0.29) is 45.5 Å². The lowest BCUT2D eigenvalue weighted by Crippen LogP contribution is -2.55. The van der Waals surface area contributed by atoms with Gasteiger partial charge in [-0.3, -0.25) is 13.9 Å². The van der Waals surface area contributed by atoms with Crippen LogP contribution >= 0.6 is 23.2 Å². The van der Waals surface area contributed by atoms with Crippen LogP contribution in [-0.2, 0) is 32.6 Å². The van der Waals surface area contributed by atoms with Gasteiger partial charge in [-0.05, 0) is 68.1 Å². The minimum absolute atomic E-state index is 0.0212. The zero-order chi connectivity index (χ0) is 34.3. The summed E-state index contributed by atoms with van der Waals surface area (Å²) in [5, 5.41) is 3.63. The number of halogens is 2. The monoisotopic (exact) mass is 705 g/mol. The first-order chi connectivity index (χ1) is 23.0. The highest BCUT2D eigenvalue weighted by atomic mass is 35.5. The summed E-state index contributed by atoms with van der Waals surface area (Å²) in [6, 6.07) is 27.3. The maximum absolute atomic E-state index is 14.7. The van der Waals surface area contributed by atoms with Gasteiger partial charge in [0.25, 0.3) is 10.0 Å². The van der Waals surface area contributed by atoms with Crippen LogP contribution in [0, 0.1) is 13.8 Å². The summed E-state index contributed by atoms with van der Waals surface area (Å²) in [5.74, 6) is -0.786. The van der Waals surface area contributed by atoms with Gasteiger partial charge in [0, 0.05) is 19.0 Å². The van der Waals surface area contributed by atoms with Crippen LogP contribution in [0.5, 0.6) is 0 Å². The number of carbonyl (C=O) groups is 2. The number of nitrogens with one attached hydrogen (secondary N) is 1. The fourth-order valence-corrected chi connectivity index (χ4v) is 7.69. The van der Waals surface area contributed by atoms with E-state index in [1.54, 1.807) is 12.1 Å². The molecule has 7 nitrogen and oxygen atoms in total. The molecule has 10 heteroatoms. The molecule has 1 atom stereocenters. The van der Waals surface area contributed by atoms with Crippen molar-refractivity contribution < 1.29 is 18.0 Å². The number of aryl methyl sites for hydroxylation is 2. The van der Waals surface area contributed by atoms with Gasteiger partial charge in [0.15, 0.2) is 0 Å². The van der Waals surface area contributed by atoms with E-state index in [2.05, 4.69) is 5.32 Å². The van der Waals surface area contributed by atoms with Gasteiger partial charge in [-0.15, -0.1) is 0 Å². The van der Waals surface area contributed by atoms with Crippen LogP contribution in [-0.4, -0.2) is 43.8 Å². The second-order valence-corrected chi connectivity index (χ2v) is 15.2. The number of carbonyl (C=O) groups excluding carboxylic acids is 2. The highest BCUT2D eigenvalue weighted by Gasteiger charge is 2.35. The third-order valence-corrected chi connectivity index (χ3v) is 11.3. The molecular formula is C38H41Cl2N3O4S. The highest BCUT2D eigenvalue weighted by Crippen LogP contribution is 2.31. The standard InChI is InChI=1S/C38H41Cl2N3O4S/c1-27-13-17-30(18-14-27)25-42(36(23-29-9-5-3-6-10-29)38(45)41-31-11-7-4-8-12-31)37(44)26-43(32-19-22-34(39)35(40)24-32)48(46,47)33-20-15-28(2)16-21-33/h3,5-6,9-10,13-22,24,31,36H,4,7-8,11-12,23,25-26H2,1-2H3,(H,41,45). The van der Waals surface area contributed by atoms with Gasteiger partial charge in [-0.1, -0.05) is 120 Å². The third kappa shape index (κ3) is 8.98. The topological polar surface area (TPSA) is 86.8 Å². The predicted octanol–water partition coefficient (Wildman–Crippen LogP) is 7.89. The average Bonchev–Trinajstić information content (AvgIpc) is 3.08. The van der Waals surface area contributed by atoms with Gasteiger partial charge in [-0.25, -0.2) is 8.42 Å². The predicted molar refractivity (Wildman–Crippen MR) is 193 cm³/mol. The van der Waals surface area contributed by atoms with Gasteiger partial charge < -0.3 is 10.2 Å². The minimum Gasteiger partial charge on any atom is -0.352 e. The summed E-state index contributed by atoms with van der Waals surface area (Å²) >= 11 is 12.6. The molecule has 1 aliphatic carbocycles. The van der Waals surface area contributed by atoms with Gasteiger partial charge in [-0.2, -0.15) is 0 Å². The Morgan fingerprint density at radius 1 is 0.792 bits per heavy atom. The molecule has 0 saturated heterocycles. The van der Waals surface area contributed by atoms with Crippen LogP contribution in [0.1, 0.15) is 54.4 Å². The average molecular weight is 707 g/mol. The van der Waals surface area contributed by atoms with Crippen LogP contribution in [0.3, 0.4) is 0 Å². The van der Waals surface area contributed by atoms with Gasteiger partial charge >= 0.3 is 0 Å². The number of benzene rings is 4. The molecule has 0 aliphatic heterocycles. The van der Waals surface area contributed by atoms with E-state index < -0.39 is 28.5 Å². The lowest BCUT2D eigenvalue weighted by Gasteiger charge is -2.35. The second kappa shape index (κ2) is 16.0. The molecule has 0 aromatic heterocycles. The molecule has 252 valence electrons. The molecule has 0 heterocycles. The number of hydrogen-bond acceptors (Lipinski definition) is 4. The highest BCUT2D eigenvalue weighted by molar-refractivity contribution is 7.92. The Balaban J connectivity index is 1.57. The molecular weight excluding hydrogens is 665 g/mol. The van der Waals surface area contributed by atoms with E-state index in [4.69, 9.17) is 23.2 Å². The molecule has 48 heavy (non-hydrogen) atoms. The quantitative estimate of drug-likeness (QED) is 0.162. The SMILES string of the molecule is Cc1ccc(CN(C(=O)CN(c2ccc(Cl)c(Cl)c2)S(=O)(=O)c2ccc(C)cc2)C(Cc2ccccc2)C(=O)NC2CCCCC2)cc1. The zero-order valence-electron chi connectivity index (χ0n) is 27.2. The summed E-state index contributed by atoms with van der Waals surface area (Å²) in [5.41, 5.74) is 3.84. The maximum Gasteiger partial charge on any atom is 0.264 e. The largest absolute Gasteiger partial charge is 0.352 e. The van der Waals surface area contributed by atoms with Crippen LogP contribution in [0.15, 0.2) is 102 Å². The van der Waals surface area contributed by atoms with Crippen LogP contribution in [0.4, 0.5) is 5.69 Å². The summed E-state index contributed by atoms with van der Waals surface area (Å²) in [6.07, 6.45) is 5.24. The molecule has 1 fully saturated rings. The Labute approximate surface area is 293 Å². The molecule has 4 aromatic rings. The van der Waals surface area contributed by atoms with Crippen molar-refractivity contribution in [3.8, 4) is 0 Å². The Morgan fingerprint density at radius 3 is 2.04 bits per heavy atom. The lowest BCUT2D eigenvalue weighted by atomic mass is 9.94. The van der Waals surface area contributed by atoms with E-state index >= 15 is 0 Å². The Bertz CT molecular complexity index is 1810. The molecule has 1 N–H and O–H groups in total. The smallest absolute Gasteiger partial charge is 0.264 e. The summed E-state index contributed by atoms with van der Waals surface area (Å²) in [4.78, 5) is 30.5. The van der Waals surface area contributed by atoms with E-state index in [1.807, 2.05) is 68.4 Å². The number of nitrogens with zero attached hydrogens (tertiary/aromatic N) is 2. The Morgan fingerprint density at radius 2 is 1.42 bits per heavy atom. The van der Waals surface area contributed by atoms with E-state index in [9.17, 15) is 18.0 Å². The van der Waals surface area contributed by atoms with Crippen LogP contribution in [0.2, 0.25) is 10.0 Å². The van der Waals surface area contributed by atoms with Crippen molar-refractivity contribution in [1.29, 1.82) is 0 Å². The molecule has 0 bridgehead atoms. The van der Waals surface area contributed by atoms with Crippen molar-refractivity contribution in [2.45, 2.75) is 75.9 Å². The first kappa shape index (κ1) is 35.5. The molecule has 2 amide bonds. The van der Waals surface area contributed by atoms with E-state index in [0.29, 0.717) is 0 Å². The molecule has 4 aromatic carbocycles. The lowest BCUT2D eigenvalue weighted by molar-refractivity contribution is -0.140. The van der Waals surface area contributed by atoms with Gasteiger partial charge in [0.1, 0.15) is 12.6 Å². The third-order valence-electron chi connectivity index (χ3n) is 8.78. The van der Waals surface area contributed by atoms with Crippen molar-refractivity contribution in [2.75, 3.05) is 10.8 Å². The minimum atomic E-state index is -4.25. The van der Waals surface area contributed by atoms with E-state index in [1.165, 1.54) is 35.2 Å².